The second kappa shape index (κ2) is 8.14. The van der Waals surface area contributed by atoms with Crippen LogP contribution in [0.15, 0.2) is 0 Å². The first-order valence-corrected chi connectivity index (χ1v) is 7.77. The number of hydrogen-bond acceptors (Lipinski definition) is 0. The molecule has 1 fully saturated rings. The van der Waals surface area contributed by atoms with Gasteiger partial charge in [-0.15, -0.1) is 0 Å². The zero-order valence-electron chi connectivity index (χ0n) is 11.8. The Bertz CT molecular complexity index is 151. The lowest BCUT2D eigenvalue weighted by Gasteiger charge is -2.28. The van der Waals surface area contributed by atoms with Gasteiger partial charge in [-0.05, 0) is 17.8 Å². The first kappa shape index (κ1) is 14.1. The van der Waals surface area contributed by atoms with Crippen LogP contribution in [0.25, 0.3) is 0 Å². The molecule has 0 N–H and O–H groups in total. The Morgan fingerprint density at radius 3 is 2.12 bits per heavy atom. The highest BCUT2D eigenvalue weighted by Gasteiger charge is 2.19. The fraction of sp³-hybridized carbons (Fsp3) is 1.00. The minimum atomic E-state index is 0.995. The van der Waals surface area contributed by atoms with E-state index in [-0.39, 0.29) is 0 Å². The molecule has 1 saturated carbocycles. The van der Waals surface area contributed by atoms with Crippen molar-refractivity contribution < 1.29 is 0 Å². The quantitative estimate of drug-likeness (QED) is 0.512. The van der Waals surface area contributed by atoms with E-state index in [4.69, 9.17) is 0 Å². The molecule has 1 aliphatic carbocycles. The van der Waals surface area contributed by atoms with Gasteiger partial charge < -0.3 is 0 Å². The van der Waals surface area contributed by atoms with Gasteiger partial charge in [0.1, 0.15) is 0 Å². The van der Waals surface area contributed by atoms with Crippen molar-refractivity contribution >= 4 is 0 Å². The molecular formula is C16H32. The molecule has 16 heavy (non-hydrogen) atoms. The Labute approximate surface area is 103 Å². The first-order valence-electron chi connectivity index (χ1n) is 7.77. The molecule has 96 valence electrons. The smallest absolute Gasteiger partial charge is 0.0388 e. The first-order chi connectivity index (χ1) is 7.77. The van der Waals surface area contributed by atoms with Crippen LogP contribution in [0.5, 0.6) is 0 Å². The summed E-state index contributed by atoms with van der Waals surface area (Å²) >= 11 is 0. The number of rotatable bonds is 7. The predicted octanol–water partition coefficient (Wildman–Crippen LogP) is 5.81. The predicted molar refractivity (Wildman–Crippen MR) is 73.7 cm³/mol. The topological polar surface area (TPSA) is 0 Å². The molecule has 0 aromatic carbocycles. The lowest BCUT2D eigenvalue weighted by Crippen LogP contribution is -2.15. The van der Waals surface area contributed by atoms with Crippen LogP contribution in [-0.4, -0.2) is 0 Å². The highest BCUT2D eigenvalue weighted by atomic mass is 14.2. The molecule has 1 aliphatic rings. The Morgan fingerprint density at radius 1 is 0.938 bits per heavy atom. The summed E-state index contributed by atoms with van der Waals surface area (Å²) in [6.45, 7) is 7.19. The molecule has 0 heteroatoms. The minimum Gasteiger partial charge on any atom is -0.0651 e. The molecule has 1 unspecified atom stereocenters. The SMILES string of the molecule is CCC(CC)CCCC(C)C1CCCCC1. The zero-order valence-corrected chi connectivity index (χ0v) is 11.8. The monoisotopic (exact) mass is 224 g/mol. The molecule has 0 amide bonds. The van der Waals surface area contributed by atoms with Crippen LogP contribution in [-0.2, 0) is 0 Å². The molecule has 1 atom stereocenters. The second-order valence-electron chi connectivity index (χ2n) is 5.99. The van der Waals surface area contributed by atoms with E-state index in [1.165, 1.54) is 64.2 Å². The van der Waals surface area contributed by atoms with Gasteiger partial charge in [-0.25, -0.2) is 0 Å². The Morgan fingerprint density at radius 2 is 1.56 bits per heavy atom. The molecule has 1 rings (SSSR count). The van der Waals surface area contributed by atoms with Gasteiger partial charge in [0.2, 0.25) is 0 Å². The van der Waals surface area contributed by atoms with Gasteiger partial charge in [-0.3, -0.25) is 0 Å². The molecule has 0 aromatic rings. The third kappa shape index (κ3) is 4.89. The number of hydrogen-bond donors (Lipinski definition) is 0. The minimum absolute atomic E-state index is 0.995. The lowest BCUT2D eigenvalue weighted by molar-refractivity contribution is 0.243. The molecule has 0 saturated heterocycles. The Hall–Kier alpha value is 0. The van der Waals surface area contributed by atoms with Gasteiger partial charge in [0.05, 0.1) is 0 Å². The average Bonchev–Trinajstić information content (AvgIpc) is 2.35. The van der Waals surface area contributed by atoms with E-state index in [1.807, 2.05) is 0 Å². The fourth-order valence-corrected chi connectivity index (χ4v) is 3.36. The van der Waals surface area contributed by atoms with Crippen LogP contribution in [0, 0.1) is 17.8 Å². The van der Waals surface area contributed by atoms with Crippen molar-refractivity contribution in [3.8, 4) is 0 Å². The molecule has 0 spiro atoms. The van der Waals surface area contributed by atoms with Crippen molar-refractivity contribution in [3.05, 3.63) is 0 Å². The van der Waals surface area contributed by atoms with Crippen LogP contribution >= 0.6 is 0 Å². The van der Waals surface area contributed by atoms with Crippen molar-refractivity contribution in [2.75, 3.05) is 0 Å². The lowest BCUT2D eigenvalue weighted by atomic mass is 9.78. The van der Waals surface area contributed by atoms with Crippen LogP contribution in [0.1, 0.15) is 85.0 Å². The van der Waals surface area contributed by atoms with Gasteiger partial charge in [0, 0.05) is 0 Å². The van der Waals surface area contributed by atoms with E-state index in [1.54, 1.807) is 0 Å². The highest BCUT2D eigenvalue weighted by Crippen LogP contribution is 2.32. The summed E-state index contributed by atoms with van der Waals surface area (Å²) in [5, 5.41) is 0. The fourth-order valence-electron chi connectivity index (χ4n) is 3.36. The average molecular weight is 224 g/mol. The van der Waals surface area contributed by atoms with Gasteiger partial charge in [0.25, 0.3) is 0 Å². The molecule has 0 heterocycles. The van der Waals surface area contributed by atoms with Crippen molar-refractivity contribution in [1.29, 1.82) is 0 Å². The maximum Gasteiger partial charge on any atom is -0.0388 e. The largest absolute Gasteiger partial charge is 0.0651 e. The molecule has 0 nitrogen and oxygen atoms in total. The van der Waals surface area contributed by atoms with E-state index >= 15 is 0 Å². The maximum absolute atomic E-state index is 2.50. The molecule has 0 aliphatic heterocycles. The summed E-state index contributed by atoms with van der Waals surface area (Å²) < 4.78 is 0. The van der Waals surface area contributed by atoms with Gasteiger partial charge in [-0.1, -0.05) is 85.0 Å². The van der Waals surface area contributed by atoms with Crippen molar-refractivity contribution in [3.63, 3.8) is 0 Å². The molecular weight excluding hydrogens is 192 g/mol. The maximum atomic E-state index is 2.50. The standard InChI is InChI=1S/C16H32/c1-4-15(5-2)11-9-10-14(3)16-12-7-6-8-13-16/h14-16H,4-13H2,1-3H3. The summed E-state index contributed by atoms with van der Waals surface area (Å²) in [6.07, 6.45) is 14.7. The van der Waals surface area contributed by atoms with E-state index in [9.17, 15) is 0 Å². The Balaban J connectivity index is 2.11. The molecule has 0 aromatic heterocycles. The third-order valence-electron chi connectivity index (χ3n) is 4.88. The van der Waals surface area contributed by atoms with Crippen molar-refractivity contribution in [2.24, 2.45) is 17.8 Å². The van der Waals surface area contributed by atoms with Crippen molar-refractivity contribution in [1.82, 2.24) is 0 Å². The second-order valence-corrected chi connectivity index (χ2v) is 5.99. The zero-order chi connectivity index (χ0) is 11.8. The normalized spacial score (nSPS) is 20.2. The van der Waals surface area contributed by atoms with Crippen LogP contribution in [0.2, 0.25) is 0 Å². The highest BCUT2D eigenvalue weighted by molar-refractivity contribution is 4.71. The van der Waals surface area contributed by atoms with E-state index in [0.29, 0.717) is 0 Å². The molecule has 0 bridgehead atoms. The van der Waals surface area contributed by atoms with Crippen molar-refractivity contribution in [2.45, 2.75) is 85.0 Å². The van der Waals surface area contributed by atoms with E-state index in [0.717, 1.165) is 17.8 Å². The summed E-state index contributed by atoms with van der Waals surface area (Å²) in [7, 11) is 0. The van der Waals surface area contributed by atoms with Gasteiger partial charge in [0.15, 0.2) is 0 Å². The summed E-state index contributed by atoms with van der Waals surface area (Å²) in [6, 6.07) is 0. The van der Waals surface area contributed by atoms with Crippen LogP contribution in [0.4, 0.5) is 0 Å². The Kier molecular flexibility index (Phi) is 7.16. The van der Waals surface area contributed by atoms with Crippen LogP contribution in [0.3, 0.4) is 0 Å². The summed E-state index contributed by atoms with van der Waals surface area (Å²) in [5.41, 5.74) is 0. The van der Waals surface area contributed by atoms with Gasteiger partial charge in [-0.2, -0.15) is 0 Å². The summed E-state index contributed by atoms with van der Waals surface area (Å²) in [4.78, 5) is 0. The summed E-state index contributed by atoms with van der Waals surface area (Å²) in [5.74, 6) is 3.06. The van der Waals surface area contributed by atoms with Crippen LogP contribution < -0.4 is 0 Å². The van der Waals surface area contributed by atoms with Gasteiger partial charge >= 0.3 is 0 Å². The molecule has 0 radical (unpaired) electrons. The third-order valence-corrected chi connectivity index (χ3v) is 4.88. The van der Waals surface area contributed by atoms with E-state index in [2.05, 4.69) is 20.8 Å². The van der Waals surface area contributed by atoms with E-state index < -0.39 is 0 Å².